The van der Waals surface area contributed by atoms with Gasteiger partial charge in [-0.15, -0.1) is 0 Å². The summed E-state index contributed by atoms with van der Waals surface area (Å²) in [4.78, 5) is 13.9. The average molecular weight is 277 g/mol. The van der Waals surface area contributed by atoms with Gasteiger partial charge in [-0.2, -0.15) is 0 Å². The highest BCUT2D eigenvalue weighted by Crippen LogP contribution is 2.03. The first kappa shape index (κ1) is 16.5. The third-order valence-corrected chi connectivity index (χ3v) is 3.39. The molecule has 20 heavy (non-hydrogen) atoms. The molecule has 0 aliphatic heterocycles. The van der Waals surface area contributed by atoms with Gasteiger partial charge in [0.2, 0.25) is 0 Å². The number of nitrogens with one attached hydrogen (secondary N) is 2. The van der Waals surface area contributed by atoms with Crippen molar-refractivity contribution >= 4 is 6.03 Å². The van der Waals surface area contributed by atoms with Gasteiger partial charge in [-0.1, -0.05) is 43.7 Å². The Labute approximate surface area is 122 Å². The molecular formula is C16H27N3O. The molecule has 112 valence electrons. The van der Waals surface area contributed by atoms with Crippen molar-refractivity contribution in [2.45, 2.75) is 27.2 Å². The summed E-state index contributed by atoms with van der Waals surface area (Å²) in [5.41, 5.74) is 2.51. The summed E-state index contributed by atoms with van der Waals surface area (Å²) in [5.74, 6) is 0. The molecule has 0 fully saturated rings. The van der Waals surface area contributed by atoms with E-state index in [1.807, 2.05) is 0 Å². The van der Waals surface area contributed by atoms with Gasteiger partial charge >= 0.3 is 6.03 Å². The Kier molecular flexibility index (Phi) is 7.73. The standard InChI is InChI=1S/C16H27N3O/c1-4-19(5-2)12-11-18-16(20)17-10-9-15-8-6-7-14(3)13-15/h6-8,13H,4-5,9-12H2,1-3H3,(H2,17,18,20). The second kappa shape index (κ2) is 9.37. The van der Waals surface area contributed by atoms with Crippen LogP contribution in [-0.2, 0) is 6.42 Å². The maximum Gasteiger partial charge on any atom is 0.314 e. The number of likely N-dealkylation sites (N-methyl/N-ethyl adjacent to an activating group) is 1. The minimum Gasteiger partial charge on any atom is -0.338 e. The Bertz CT molecular complexity index is 402. The summed E-state index contributed by atoms with van der Waals surface area (Å²) in [6.45, 7) is 10.6. The molecule has 2 amide bonds. The molecule has 0 heterocycles. The summed E-state index contributed by atoms with van der Waals surface area (Å²) in [7, 11) is 0. The lowest BCUT2D eigenvalue weighted by Gasteiger charge is -2.18. The number of nitrogens with zero attached hydrogens (tertiary/aromatic N) is 1. The van der Waals surface area contributed by atoms with Crippen LogP contribution in [0.1, 0.15) is 25.0 Å². The molecule has 4 heteroatoms. The lowest BCUT2D eigenvalue weighted by molar-refractivity contribution is 0.237. The minimum atomic E-state index is -0.0789. The minimum absolute atomic E-state index is 0.0789. The van der Waals surface area contributed by atoms with Gasteiger partial charge in [0.1, 0.15) is 0 Å². The third kappa shape index (κ3) is 6.57. The Balaban J connectivity index is 2.14. The average Bonchev–Trinajstić information content (AvgIpc) is 2.44. The van der Waals surface area contributed by atoms with Crippen LogP contribution in [0.2, 0.25) is 0 Å². The largest absolute Gasteiger partial charge is 0.338 e. The number of aryl methyl sites for hydroxylation is 1. The number of hydrogen-bond donors (Lipinski definition) is 2. The first-order valence-corrected chi connectivity index (χ1v) is 7.45. The number of rotatable bonds is 8. The molecule has 0 radical (unpaired) electrons. The van der Waals surface area contributed by atoms with Crippen LogP contribution >= 0.6 is 0 Å². The molecule has 0 spiro atoms. The molecule has 0 saturated heterocycles. The van der Waals surface area contributed by atoms with Crippen molar-refractivity contribution in [1.29, 1.82) is 0 Å². The summed E-state index contributed by atoms with van der Waals surface area (Å²) in [6.07, 6.45) is 0.866. The van der Waals surface area contributed by atoms with E-state index in [9.17, 15) is 4.79 Å². The topological polar surface area (TPSA) is 44.4 Å². The van der Waals surface area contributed by atoms with E-state index in [2.05, 4.69) is 60.6 Å². The number of benzene rings is 1. The summed E-state index contributed by atoms with van der Waals surface area (Å²) < 4.78 is 0. The van der Waals surface area contributed by atoms with Crippen molar-refractivity contribution < 1.29 is 4.79 Å². The van der Waals surface area contributed by atoms with Crippen molar-refractivity contribution in [1.82, 2.24) is 15.5 Å². The van der Waals surface area contributed by atoms with Crippen LogP contribution in [0.4, 0.5) is 4.79 Å². The Morgan fingerprint density at radius 1 is 1.15 bits per heavy atom. The lowest BCUT2D eigenvalue weighted by Crippen LogP contribution is -2.41. The van der Waals surface area contributed by atoms with Crippen LogP contribution in [-0.4, -0.2) is 43.7 Å². The van der Waals surface area contributed by atoms with Crippen molar-refractivity contribution in [2.75, 3.05) is 32.7 Å². The van der Waals surface area contributed by atoms with Crippen molar-refractivity contribution in [2.24, 2.45) is 0 Å². The third-order valence-electron chi connectivity index (χ3n) is 3.39. The van der Waals surface area contributed by atoms with Gasteiger partial charge in [-0.05, 0) is 32.0 Å². The molecule has 0 bridgehead atoms. The highest BCUT2D eigenvalue weighted by Gasteiger charge is 2.02. The zero-order valence-corrected chi connectivity index (χ0v) is 12.9. The molecule has 4 nitrogen and oxygen atoms in total. The van der Waals surface area contributed by atoms with E-state index in [0.717, 1.165) is 26.1 Å². The first-order chi connectivity index (χ1) is 9.65. The summed E-state index contributed by atoms with van der Waals surface area (Å²) in [5, 5.41) is 5.78. The van der Waals surface area contributed by atoms with Crippen LogP contribution in [0.5, 0.6) is 0 Å². The molecule has 2 N–H and O–H groups in total. The zero-order valence-electron chi connectivity index (χ0n) is 12.9. The van der Waals surface area contributed by atoms with Crippen molar-refractivity contribution in [3.05, 3.63) is 35.4 Å². The van der Waals surface area contributed by atoms with Gasteiger partial charge in [0.25, 0.3) is 0 Å². The Hall–Kier alpha value is -1.55. The number of hydrogen-bond acceptors (Lipinski definition) is 2. The highest BCUT2D eigenvalue weighted by molar-refractivity contribution is 5.73. The number of carbonyl (C=O) groups is 1. The second-order valence-corrected chi connectivity index (χ2v) is 4.95. The van der Waals surface area contributed by atoms with Crippen LogP contribution < -0.4 is 10.6 Å². The second-order valence-electron chi connectivity index (χ2n) is 4.95. The van der Waals surface area contributed by atoms with Crippen LogP contribution in [0, 0.1) is 6.92 Å². The quantitative estimate of drug-likeness (QED) is 0.765. The molecule has 0 aliphatic rings. The molecule has 1 rings (SSSR count). The molecule has 1 aromatic rings. The Morgan fingerprint density at radius 2 is 1.85 bits per heavy atom. The van der Waals surface area contributed by atoms with E-state index in [1.54, 1.807) is 0 Å². The van der Waals surface area contributed by atoms with E-state index in [4.69, 9.17) is 0 Å². The predicted octanol–water partition coefficient (Wildman–Crippen LogP) is 2.18. The monoisotopic (exact) mass is 277 g/mol. The molecule has 1 aromatic carbocycles. The van der Waals surface area contributed by atoms with Gasteiger partial charge in [0, 0.05) is 19.6 Å². The van der Waals surface area contributed by atoms with Gasteiger partial charge in [-0.25, -0.2) is 4.79 Å². The normalized spacial score (nSPS) is 10.6. The van der Waals surface area contributed by atoms with Gasteiger partial charge in [-0.3, -0.25) is 0 Å². The molecule has 0 aliphatic carbocycles. The SMILES string of the molecule is CCN(CC)CCNC(=O)NCCc1cccc(C)c1. The molecule has 0 aromatic heterocycles. The van der Waals surface area contributed by atoms with Gasteiger partial charge in [0.05, 0.1) is 0 Å². The number of carbonyl (C=O) groups excluding carboxylic acids is 1. The van der Waals surface area contributed by atoms with E-state index >= 15 is 0 Å². The van der Waals surface area contributed by atoms with Crippen LogP contribution in [0.15, 0.2) is 24.3 Å². The fraction of sp³-hybridized carbons (Fsp3) is 0.562. The van der Waals surface area contributed by atoms with Gasteiger partial charge in [0.15, 0.2) is 0 Å². The predicted molar refractivity (Wildman–Crippen MR) is 84.1 cm³/mol. The number of urea groups is 1. The van der Waals surface area contributed by atoms with E-state index in [0.29, 0.717) is 13.1 Å². The molecule has 0 atom stereocenters. The maximum atomic E-state index is 11.6. The van der Waals surface area contributed by atoms with E-state index in [-0.39, 0.29) is 6.03 Å². The van der Waals surface area contributed by atoms with E-state index < -0.39 is 0 Å². The summed E-state index contributed by atoms with van der Waals surface area (Å²) in [6, 6.07) is 8.29. The fourth-order valence-electron chi connectivity index (χ4n) is 2.12. The Morgan fingerprint density at radius 3 is 2.50 bits per heavy atom. The highest BCUT2D eigenvalue weighted by atomic mass is 16.2. The smallest absolute Gasteiger partial charge is 0.314 e. The fourth-order valence-corrected chi connectivity index (χ4v) is 2.12. The van der Waals surface area contributed by atoms with Crippen molar-refractivity contribution in [3.63, 3.8) is 0 Å². The molecular weight excluding hydrogens is 250 g/mol. The summed E-state index contributed by atoms with van der Waals surface area (Å²) >= 11 is 0. The lowest BCUT2D eigenvalue weighted by atomic mass is 10.1. The number of amides is 2. The van der Waals surface area contributed by atoms with Crippen molar-refractivity contribution in [3.8, 4) is 0 Å². The first-order valence-electron chi connectivity index (χ1n) is 7.45. The zero-order chi connectivity index (χ0) is 14.8. The van der Waals surface area contributed by atoms with Crippen LogP contribution in [0.25, 0.3) is 0 Å². The van der Waals surface area contributed by atoms with E-state index in [1.165, 1.54) is 11.1 Å². The molecule has 0 unspecified atom stereocenters. The maximum absolute atomic E-state index is 11.6. The van der Waals surface area contributed by atoms with Crippen LogP contribution in [0.3, 0.4) is 0 Å². The molecule has 0 saturated carbocycles. The van der Waals surface area contributed by atoms with Gasteiger partial charge < -0.3 is 15.5 Å².